The molecular weight excluding hydrogens is 384 g/mol. The zero-order valence-corrected chi connectivity index (χ0v) is 16.2. The maximum absolute atomic E-state index is 12.9. The van der Waals surface area contributed by atoms with Crippen molar-refractivity contribution >= 4 is 34.2 Å². The number of thiazole rings is 1. The Bertz CT molecular complexity index is 1010. The second-order valence-electron chi connectivity index (χ2n) is 7.24. The first-order valence-corrected chi connectivity index (χ1v) is 10.0. The third-order valence-electron chi connectivity index (χ3n) is 5.53. The lowest BCUT2D eigenvalue weighted by Crippen LogP contribution is -2.54. The predicted octanol–water partition coefficient (Wildman–Crippen LogP) is 1.30. The van der Waals surface area contributed by atoms with Crippen LogP contribution in [0.15, 0.2) is 22.4 Å². The van der Waals surface area contributed by atoms with Gasteiger partial charge in [0.25, 0.3) is 11.5 Å². The highest BCUT2D eigenvalue weighted by Gasteiger charge is 2.55. The van der Waals surface area contributed by atoms with E-state index in [1.807, 2.05) is 6.92 Å². The molecule has 1 saturated carbocycles. The van der Waals surface area contributed by atoms with Crippen LogP contribution in [0.5, 0.6) is 0 Å². The Morgan fingerprint density at radius 3 is 3.00 bits per heavy atom. The lowest BCUT2D eigenvalue weighted by molar-refractivity contribution is -0.149. The van der Waals surface area contributed by atoms with Crippen molar-refractivity contribution in [1.82, 2.24) is 19.6 Å². The molecule has 1 N–H and O–H groups in total. The Labute approximate surface area is 164 Å². The number of hydrogen-bond acceptors (Lipinski definition) is 7. The number of imide groups is 1. The summed E-state index contributed by atoms with van der Waals surface area (Å²) >= 11 is 1.29. The number of ether oxygens (including phenoxy) is 1. The molecule has 1 aliphatic heterocycles. The van der Waals surface area contributed by atoms with Crippen molar-refractivity contribution < 1.29 is 19.1 Å². The number of fused-ring (bicyclic) bond motifs is 1. The normalized spacial score (nSPS) is 24.8. The standard InChI is InChI=1S/C18H20N4O5S/c1-11-4-2-3-5-18(11)15(25)22(16(26)20-18)9-14(24)27-10-12-8-13(23)21-6-7-28-17(21)19-12/h6-8,11H,2-5,9-10H2,1H3,(H,20,26)/t11-,18-/m1/s1. The van der Waals surface area contributed by atoms with Gasteiger partial charge in [0.2, 0.25) is 0 Å². The van der Waals surface area contributed by atoms with Crippen LogP contribution in [0.3, 0.4) is 0 Å². The fraction of sp³-hybridized carbons (Fsp3) is 0.500. The zero-order chi connectivity index (χ0) is 19.9. The summed E-state index contributed by atoms with van der Waals surface area (Å²) in [6.07, 6.45) is 4.94. The molecular formula is C18H20N4O5S. The minimum absolute atomic E-state index is 0.0217. The highest BCUT2D eigenvalue weighted by Crippen LogP contribution is 2.38. The van der Waals surface area contributed by atoms with E-state index in [1.54, 1.807) is 11.6 Å². The summed E-state index contributed by atoms with van der Waals surface area (Å²) in [5.74, 6) is -1.07. The number of aromatic nitrogens is 2. The topological polar surface area (TPSA) is 110 Å². The Kier molecular flexibility index (Phi) is 4.66. The van der Waals surface area contributed by atoms with Gasteiger partial charge in [0.05, 0.1) is 5.69 Å². The molecule has 2 aromatic heterocycles. The largest absolute Gasteiger partial charge is 0.458 e. The molecule has 0 aromatic carbocycles. The fourth-order valence-corrected chi connectivity index (χ4v) is 4.67. The van der Waals surface area contributed by atoms with Gasteiger partial charge in [-0.25, -0.2) is 9.78 Å². The van der Waals surface area contributed by atoms with Crippen LogP contribution < -0.4 is 10.9 Å². The highest BCUT2D eigenvalue weighted by atomic mass is 32.1. The van der Waals surface area contributed by atoms with E-state index in [9.17, 15) is 19.2 Å². The number of urea groups is 1. The van der Waals surface area contributed by atoms with Gasteiger partial charge in [0.1, 0.15) is 18.7 Å². The summed E-state index contributed by atoms with van der Waals surface area (Å²) in [5, 5.41) is 4.53. The molecule has 0 bridgehead atoms. The molecule has 1 saturated heterocycles. The van der Waals surface area contributed by atoms with E-state index < -0.39 is 24.1 Å². The monoisotopic (exact) mass is 404 g/mol. The van der Waals surface area contributed by atoms with E-state index in [1.165, 1.54) is 21.8 Å². The molecule has 0 radical (unpaired) electrons. The SMILES string of the molecule is C[C@@H]1CCCC[C@@]12NC(=O)N(CC(=O)OCc1cc(=O)n3ccsc3n1)C2=O. The molecule has 3 amide bonds. The van der Waals surface area contributed by atoms with Gasteiger partial charge in [-0.05, 0) is 18.8 Å². The molecule has 2 atom stereocenters. The van der Waals surface area contributed by atoms with Crippen LogP contribution in [0.2, 0.25) is 0 Å². The maximum Gasteiger partial charge on any atom is 0.326 e. The number of esters is 1. The fourth-order valence-electron chi connectivity index (χ4n) is 3.93. The minimum Gasteiger partial charge on any atom is -0.458 e. The lowest BCUT2D eigenvalue weighted by Gasteiger charge is -2.36. The predicted molar refractivity (Wildman–Crippen MR) is 99.7 cm³/mol. The number of amides is 3. The average Bonchev–Trinajstić information content (AvgIpc) is 3.22. The Balaban J connectivity index is 1.41. The summed E-state index contributed by atoms with van der Waals surface area (Å²) in [5.41, 5.74) is -0.856. The summed E-state index contributed by atoms with van der Waals surface area (Å²) in [6.45, 7) is 1.29. The summed E-state index contributed by atoms with van der Waals surface area (Å²) in [7, 11) is 0. The average molecular weight is 404 g/mol. The number of carbonyl (C=O) groups excluding carboxylic acids is 3. The molecule has 2 fully saturated rings. The number of nitrogens with one attached hydrogen (secondary N) is 1. The molecule has 9 nitrogen and oxygen atoms in total. The first kappa shape index (κ1) is 18.6. The Hall–Kier alpha value is -2.75. The summed E-state index contributed by atoms with van der Waals surface area (Å²) in [4.78, 5) is 55.0. The summed E-state index contributed by atoms with van der Waals surface area (Å²) < 4.78 is 6.55. The van der Waals surface area contributed by atoms with Crippen molar-refractivity contribution in [3.05, 3.63) is 33.7 Å². The smallest absolute Gasteiger partial charge is 0.326 e. The van der Waals surface area contributed by atoms with Crippen LogP contribution in [0.4, 0.5) is 4.79 Å². The third kappa shape index (κ3) is 3.07. The first-order chi connectivity index (χ1) is 13.4. The first-order valence-electron chi connectivity index (χ1n) is 9.16. The van der Waals surface area contributed by atoms with Crippen molar-refractivity contribution in [2.24, 2.45) is 5.92 Å². The Morgan fingerprint density at radius 1 is 1.39 bits per heavy atom. The van der Waals surface area contributed by atoms with Crippen LogP contribution >= 0.6 is 11.3 Å². The van der Waals surface area contributed by atoms with Gasteiger partial charge in [-0.3, -0.25) is 23.7 Å². The van der Waals surface area contributed by atoms with Gasteiger partial charge in [0, 0.05) is 17.6 Å². The van der Waals surface area contributed by atoms with E-state index in [-0.39, 0.29) is 24.0 Å². The van der Waals surface area contributed by atoms with Crippen molar-refractivity contribution in [2.75, 3.05) is 6.54 Å². The van der Waals surface area contributed by atoms with Crippen LogP contribution in [0, 0.1) is 5.92 Å². The second kappa shape index (κ2) is 7.01. The van der Waals surface area contributed by atoms with Gasteiger partial charge in [-0.1, -0.05) is 19.8 Å². The summed E-state index contributed by atoms with van der Waals surface area (Å²) in [6, 6.07) is 0.728. The molecule has 3 heterocycles. The van der Waals surface area contributed by atoms with Crippen LogP contribution in [-0.2, 0) is 20.9 Å². The van der Waals surface area contributed by atoms with Crippen LogP contribution in [0.1, 0.15) is 38.3 Å². The van der Waals surface area contributed by atoms with Crippen molar-refractivity contribution in [3.63, 3.8) is 0 Å². The van der Waals surface area contributed by atoms with Gasteiger partial charge >= 0.3 is 12.0 Å². The zero-order valence-electron chi connectivity index (χ0n) is 15.3. The van der Waals surface area contributed by atoms with E-state index in [0.717, 1.165) is 24.2 Å². The quantitative estimate of drug-likeness (QED) is 0.608. The van der Waals surface area contributed by atoms with Crippen LogP contribution in [0.25, 0.3) is 4.96 Å². The van der Waals surface area contributed by atoms with E-state index >= 15 is 0 Å². The molecule has 28 heavy (non-hydrogen) atoms. The molecule has 0 unspecified atom stereocenters. The maximum atomic E-state index is 12.9. The number of nitrogens with zero attached hydrogens (tertiary/aromatic N) is 3. The molecule has 1 aliphatic carbocycles. The molecule has 2 aliphatic rings. The number of carbonyl (C=O) groups is 3. The van der Waals surface area contributed by atoms with E-state index in [2.05, 4.69) is 10.3 Å². The van der Waals surface area contributed by atoms with Crippen molar-refractivity contribution in [1.29, 1.82) is 0 Å². The molecule has 10 heteroatoms. The van der Waals surface area contributed by atoms with E-state index in [4.69, 9.17) is 4.74 Å². The third-order valence-corrected chi connectivity index (χ3v) is 6.28. The van der Waals surface area contributed by atoms with Gasteiger partial charge in [0.15, 0.2) is 4.96 Å². The molecule has 2 aromatic rings. The second-order valence-corrected chi connectivity index (χ2v) is 8.11. The Morgan fingerprint density at radius 2 is 2.21 bits per heavy atom. The minimum atomic E-state index is -0.907. The molecule has 4 rings (SSSR count). The number of hydrogen-bond donors (Lipinski definition) is 1. The van der Waals surface area contributed by atoms with Crippen molar-refractivity contribution in [2.45, 2.75) is 44.8 Å². The molecule has 1 spiro atoms. The number of rotatable bonds is 4. The van der Waals surface area contributed by atoms with Gasteiger partial charge < -0.3 is 10.1 Å². The lowest BCUT2D eigenvalue weighted by atomic mass is 9.73. The van der Waals surface area contributed by atoms with Gasteiger partial charge in [-0.15, -0.1) is 11.3 Å². The van der Waals surface area contributed by atoms with E-state index in [0.29, 0.717) is 17.1 Å². The molecule has 148 valence electrons. The van der Waals surface area contributed by atoms with Gasteiger partial charge in [-0.2, -0.15) is 0 Å². The highest BCUT2D eigenvalue weighted by molar-refractivity contribution is 7.15. The van der Waals surface area contributed by atoms with Crippen molar-refractivity contribution in [3.8, 4) is 0 Å². The van der Waals surface area contributed by atoms with Crippen LogP contribution in [-0.4, -0.2) is 44.3 Å².